The number of carbonyl (C=O) groups excluding carboxylic acids is 2. The second-order valence-electron chi connectivity index (χ2n) is 4.79. The average Bonchev–Trinajstić information content (AvgIpc) is 2.58. The maximum absolute atomic E-state index is 13.4. The number of hydrazone groups is 1. The van der Waals surface area contributed by atoms with Crippen LogP contribution in [0.1, 0.15) is 15.9 Å². The monoisotopic (exact) mass is 471 g/mol. The molecule has 0 aliphatic carbocycles. The Hall–Kier alpha value is -2.26. The number of hydrogen-bond acceptors (Lipinski definition) is 4. The number of halogens is 3. The standard InChI is InChI=1S/C16H12Br2FN3O3/c17-11-5-9(6-12(18)15(11)24)7-21-22-14(23)8-20-16(25)10-3-1-2-4-13(10)19/h1-7,24H,8H2,(H,20,25)(H,22,23)/b21-7-. The molecular weight excluding hydrogens is 461 g/mol. The van der Waals surface area contributed by atoms with Crippen LogP contribution >= 0.6 is 31.9 Å². The van der Waals surface area contributed by atoms with Crippen LogP contribution in [0.4, 0.5) is 4.39 Å². The lowest BCUT2D eigenvalue weighted by atomic mass is 10.2. The molecule has 0 radical (unpaired) electrons. The fourth-order valence-electron chi connectivity index (χ4n) is 1.78. The molecule has 2 rings (SSSR count). The molecule has 0 fully saturated rings. The number of phenols is 1. The number of hydrogen-bond donors (Lipinski definition) is 3. The van der Waals surface area contributed by atoms with E-state index in [1.165, 1.54) is 24.4 Å². The first kappa shape index (κ1) is 19.1. The molecule has 0 aliphatic heterocycles. The number of carbonyl (C=O) groups is 2. The van der Waals surface area contributed by atoms with Crippen LogP contribution in [-0.4, -0.2) is 29.7 Å². The third-order valence-electron chi connectivity index (χ3n) is 2.97. The van der Waals surface area contributed by atoms with E-state index in [1.54, 1.807) is 12.1 Å². The molecule has 0 bridgehead atoms. The van der Waals surface area contributed by atoms with E-state index in [0.717, 1.165) is 6.07 Å². The highest BCUT2D eigenvalue weighted by Gasteiger charge is 2.11. The number of nitrogens with zero attached hydrogens (tertiary/aromatic N) is 1. The molecule has 2 aromatic carbocycles. The van der Waals surface area contributed by atoms with Crippen molar-refractivity contribution in [1.29, 1.82) is 0 Å². The van der Waals surface area contributed by atoms with Gasteiger partial charge in [-0.05, 0) is 61.7 Å². The summed E-state index contributed by atoms with van der Waals surface area (Å²) in [6.07, 6.45) is 1.37. The molecule has 0 heterocycles. The van der Waals surface area contributed by atoms with Crippen molar-refractivity contribution >= 4 is 49.9 Å². The van der Waals surface area contributed by atoms with Crippen LogP contribution in [0.3, 0.4) is 0 Å². The molecular formula is C16H12Br2FN3O3. The van der Waals surface area contributed by atoms with Crippen molar-refractivity contribution < 1.29 is 19.1 Å². The minimum Gasteiger partial charge on any atom is -0.506 e. The normalized spacial score (nSPS) is 10.7. The second kappa shape index (κ2) is 8.72. The van der Waals surface area contributed by atoms with Crippen molar-refractivity contribution in [3.63, 3.8) is 0 Å². The molecule has 130 valence electrons. The maximum atomic E-state index is 13.4. The summed E-state index contributed by atoms with van der Waals surface area (Å²) in [5.41, 5.74) is 2.71. The van der Waals surface area contributed by atoms with Crippen LogP contribution in [0.15, 0.2) is 50.4 Å². The summed E-state index contributed by atoms with van der Waals surface area (Å²) in [4.78, 5) is 23.4. The fraction of sp³-hybridized carbons (Fsp3) is 0.0625. The van der Waals surface area contributed by atoms with Crippen molar-refractivity contribution in [3.05, 3.63) is 62.3 Å². The summed E-state index contributed by atoms with van der Waals surface area (Å²) in [7, 11) is 0. The molecule has 0 unspecified atom stereocenters. The third-order valence-corrected chi connectivity index (χ3v) is 4.18. The molecule has 0 atom stereocenters. The topological polar surface area (TPSA) is 90.8 Å². The molecule has 9 heteroatoms. The first-order chi connectivity index (χ1) is 11.9. The fourth-order valence-corrected chi connectivity index (χ4v) is 3.00. The van der Waals surface area contributed by atoms with Crippen LogP contribution in [0.2, 0.25) is 0 Å². The van der Waals surface area contributed by atoms with Crippen LogP contribution in [0, 0.1) is 5.82 Å². The van der Waals surface area contributed by atoms with E-state index in [4.69, 9.17) is 0 Å². The smallest absolute Gasteiger partial charge is 0.259 e. The molecule has 25 heavy (non-hydrogen) atoms. The number of amides is 2. The maximum Gasteiger partial charge on any atom is 0.259 e. The lowest BCUT2D eigenvalue weighted by Gasteiger charge is -2.05. The van der Waals surface area contributed by atoms with E-state index in [9.17, 15) is 19.1 Å². The first-order valence-electron chi connectivity index (χ1n) is 6.91. The SMILES string of the molecule is O=C(CNC(=O)c1ccccc1F)N/N=C\c1cc(Br)c(O)c(Br)c1. The lowest BCUT2D eigenvalue weighted by Crippen LogP contribution is -2.35. The average molecular weight is 473 g/mol. The van der Waals surface area contributed by atoms with E-state index >= 15 is 0 Å². The number of nitrogens with one attached hydrogen (secondary N) is 2. The Balaban J connectivity index is 1.87. The predicted molar refractivity (Wildman–Crippen MR) is 98.0 cm³/mol. The second-order valence-corrected chi connectivity index (χ2v) is 6.50. The van der Waals surface area contributed by atoms with E-state index in [1.807, 2.05) is 0 Å². The van der Waals surface area contributed by atoms with Crippen molar-refractivity contribution in [1.82, 2.24) is 10.7 Å². The Morgan fingerprint density at radius 3 is 2.48 bits per heavy atom. The summed E-state index contributed by atoms with van der Waals surface area (Å²) in [6.45, 7) is -0.354. The van der Waals surface area contributed by atoms with E-state index < -0.39 is 17.6 Å². The first-order valence-corrected chi connectivity index (χ1v) is 8.49. The molecule has 0 aromatic heterocycles. The zero-order chi connectivity index (χ0) is 18.4. The minimum absolute atomic E-state index is 0.0528. The number of phenolic OH excluding ortho intramolecular Hbond substituents is 1. The molecule has 2 aromatic rings. The summed E-state index contributed by atoms with van der Waals surface area (Å²) >= 11 is 6.36. The van der Waals surface area contributed by atoms with Gasteiger partial charge in [0.1, 0.15) is 11.6 Å². The highest BCUT2D eigenvalue weighted by atomic mass is 79.9. The van der Waals surface area contributed by atoms with Gasteiger partial charge in [0.25, 0.3) is 11.8 Å². The van der Waals surface area contributed by atoms with Crippen LogP contribution in [0.25, 0.3) is 0 Å². The van der Waals surface area contributed by atoms with Gasteiger partial charge in [0.05, 0.1) is 27.3 Å². The van der Waals surface area contributed by atoms with Gasteiger partial charge in [-0.25, -0.2) is 9.82 Å². The Bertz CT molecular complexity index is 820. The lowest BCUT2D eigenvalue weighted by molar-refractivity contribution is -0.120. The minimum atomic E-state index is -0.691. The van der Waals surface area contributed by atoms with Gasteiger partial charge in [-0.3, -0.25) is 9.59 Å². The van der Waals surface area contributed by atoms with Gasteiger partial charge >= 0.3 is 0 Å². The van der Waals surface area contributed by atoms with Crippen molar-refractivity contribution in [2.24, 2.45) is 5.10 Å². The van der Waals surface area contributed by atoms with Crippen molar-refractivity contribution in [2.45, 2.75) is 0 Å². The Labute approximate surface area is 159 Å². The van der Waals surface area contributed by atoms with E-state index in [-0.39, 0.29) is 17.9 Å². The van der Waals surface area contributed by atoms with Gasteiger partial charge in [-0.2, -0.15) is 5.10 Å². The summed E-state index contributed by atoms with van der Waals surface area (Å²) in [5, 5.41) is 15.7. The quantitative estimate of drug-likeness (QED) is 0.461. The van der Waals surface area contributed by atoms with Gasteiger partial charge < -0.3 is 10.4 Å². The van der Waals surface area contributed by atoms with Crippen molar-refractivity contribution in [2.75, 3.05) is 6.54 Å². The molecule has 0 saturated heterocycles. The Morgan fingerprint density at radius 1 is 1.20 bits per heavy atom. The molecule has 2 amide bonds. The molecule has 6 nitrogen and oxygen atoms in total. The molecule has 0 saturated carbocycles. The zero-order valence-corrected chi connectivity index (χ0v) is 15.8. The predicted octanol–water partition coefficient (Wildman–Crippen LogP) is 2.94. The zero-order valence-electron chi connectivity index (χ0n) is 12.6. The Kier molecular flexibility index (Phi) is 6.65. The summed E-state index contributed by atoms with van der Waals surface area (Å²) in [6, 6.07) is 8.68. The molecule has 0 spiro atoms. The number of aromatic hydroxyl groups is 1. The Morgan fingerprint density at radius 2 is 1.84 bits per heavy atom. The van der Waals surface area contributed by atoms with Gasteiger partial charge in [0, 0.05) is 0 Å². The van der Waals surface area contributed by atoms with Crippen LogP contribution in [-0.2, 0) is 4.79 Å². The summed E-state index contributed by atoms with van der Waals surface area (Å²) in [5.74, 6) is -1.87. The van der Waals surface area contributed by atoms with E-state index in [2.05, 4.69) is 47.7 Å². The third kappa shape index (κ3) is 5.36. The summed E-state index contributed by atoms with van der Waals surface area (Å²) < 4.78 is 14.4. The van der Waals surface area contributed by atoms with Crippen LogP contribution < -0.4 is 10.7 Å². The van der Waals surface area contributed by atoms with Gasteiger partial charge in [0.2, 0.25) is 0 Å². The highest BCUT2D eigenvalue weighted by molar-refractivity contribution is 9.11. The van der Waals surface area contributed by atoms with Gasteiger partial charge in [-0.1, -0.05) is 12.1 Å². The van der Waals surface area contributed by atoms with Crippen LogP contribution in [0.5, 0.6) is 5.75 Å². The number of rotatable bonds is 5. The number of benzene rings is 2. The largest absolute Gasteiger partial charge is 0.506 e. The van der Waals surface area contributed by atoms with Gasteiger partial charge in [-0.15, -0.1) is 0 Å². The molecule has 3 N–H and O–H groups in total. The highest BCUT2D eigenvalue weighted by Crippen LogP contribution is 2.32. The molecule has 0 aliphatic rings. The van der Waals surface area contributed by atoms with Crippen molar-refractivity contribution in [3.8, 4) is 5.75 Å². The van der Waals surface area contributed by atoms with E-state index in [0.29, 0.717) is 14.5 Å². The van der Waals surface area contributed by atoms with Gasteiger partial charge in [0.15, 0.2) is 0 Å².